The van der Waals surface area contributed by atoms with Crippen LogP contribution in [-0.2, 0) is 23.7 Å². The molecule has 3 saturated heterocycles. The van der Waals surface area contributed by atoms with Crippen LogP contribution in [0.1, 0.15) is 6.92 Å². The lowest BCUT2D eigenvalue weighted by Gasteiger charge is -2.47. The molecule has 0 aromatic heterocycles. The van der Waals surface area contributed by atoms with Gasteiger partial charge < -0.3 is 95.4 Å². The van der Waals surface area contributed by atoms with E-state index in [0.29, 0.717) is 0 Å². The van der Waals surface area contributed by atoms with Crippen molar-refractivity contribution in [3.8, 4) is 0 Å². The molecule has 0 spiro atoms. The molecule has 19 heteroatoms. The molecule has 3 fully saturated rings. The fourth-order valence-electron chi connectivity index (χ4n) is 5.71. The summed E-state index contributed by atoms with van der Waals surface area (Å²) in [7, 11) is 0. The summed E-state index contributed by atoms with van der Waals surface area (Å²) < 4.78 is 27.2. The van der Waals surface area contributed by atoms with E-state index in [1.807, 2.05) is 0 Å². The van der Waals surface area contributed by atoms with E-state index in [0.717, 1.165) is 0 Å². The number of aliphatic hydroxyl groups excluding tert-OH is 13. The summed E-state index contributed by atoms with van der Waals surface area (Å²) in [5.74, 6) is 0. The summed E-state index contributed by atoms with van der Waals surface area (Å²) in [6.45, 7) is -0.518. The van der Waals surface area contributed by atoms with Gasteiger partial charge in [0.1, 0.15) is 79.4 Å². The van der Waals surface area contributed by atoms with E-state index in [1.165, 1.54) is 13.0 Å². The van der Waals surface area contributed by atoms with E-state index in [4.69, 9.17) is 23.7 Å². The third-order valence-electron chi connectivity index (χ3n) is 8.46. The number of ether oxygens (including phenoxy) is 5. The third-order valence-corrected chi connectivity index (χ3v) is 8.46. The molecule has 19 nitrogen and oxygen atoms in total. The van der Waals surface area contributed by atoms with Gasteiger partial charge in [-0.15, -0.1) is 0 Å². The number of hydrogen-bond donors (Lipinski definition) is 14. The molecule has 1 unspecified atom stereocenters. The van der Waals surface area contributed by atoms with Crippen molar-refractivity contribution >= 4 is 0 Å². The Morgan fingerprint density at radius 3 is 1.98 bits per heavy atom. The molecule has 0 amide bonds. The summed E-state index contributed by atoms with van der Waals surface area (Å²) in [5.41, 5.74) is 0.0273. The van der Waals surface area contributed by atoms with E-state index < -0.39 is 136 Å². The lowest BCUT2D eigenvalue weighted by atomic mass is 9.86. The first-order valence-electron chi connectivity index (χ1n) is 14.1. The Labute approximate surface area is 250 Å². The summed E-state index contributed by atoms with van der Waals surface area (Å²) in [6, 6.07) is -2.15. The maximum Gasteiger partial charge on any atom is 0.187 e. The molecule has 3 heterocycles. The second-order valence-corrected chi connectivity index (χ2v) is 11.4. The molecular weight excluding hydrogens is 602 g/mol. The topological polar surface area (TPSA) is 321 Å². The maximum atomic E-state index is 10.9. The Balaban J connectivity index is 1.37. The van der Waals surface area contributed by atoms with Crippen molar-refractivity contribution in [2.45, 2.75) is 123 Å². The van der Waals surface area contributed by atoms with Gasteiger partial charge in [-0.05, 0) is 12.5 Å². The Kier molecular flexibility index (Phi) is 12.1. The molecular formula is C25H43NO18. The highest BCUT2D eigenvalue weighted by molar-refractivity contribution is 5.22. The minimum absolute atomic E-state index is 0.0273. The van der Waals surface area contributed by atoms with E-state index in [1.54, 1.807) is 0 Å². The quantitative estimate of drug-likeness (QED) is 0.103. The standard InChI is InChI=1S/C25H43NO18/c1-6-11(26-8-2-7(3-27)12(29)16(33)13(8)30)15(32)20(37)25(41-6)44-22-9(4-28)43-24(21(38)18(22)35)40-5-10-14(31)17(34)19(36)23(39)42-10/h2,6,8-39H,3-5H2,1H3/t6-,8+,9-,10-,11-,12-,13+,14-,15+,16+,17+,18-,19-,20-,21-,22-,23?,24+,25-/m1/s1. The zero-order valence-corrected chi connectivity index (χ0v) is 23.5. The van der Waals surface area contributed by atoms with Gasteiger partial charge in [0.2, 0.25) is 0 Å². The van der Waals surface area contributed by atoms with Crippen molar-refractivity contribution in [2.75, 3.05) is 19.8 Å². The van der Waals surface area contributed by atoms with Crippen LogP contribution in [0, 0.1) is 0 Å². The first kappa shape index (κ1) is 35.8. The van der Waals surface area contributed by atoms with E-state index in [2.05, 4.69) is 5.32 Å². The number of aliphatic hydroxyl groups is 13. The fourth-order valence-corrected chi connectivity index (χ4v) is 5.71. The van der Waals surface area contributed by atoms with Gasteiger partial charge in [0.25, 0.3) is 0 Å². The van der Waals surface area contributed by atoms with Crippen LogP contribution >= 0.6 is 0 Å². The van der Waals surface area contributed by atoms with Gasteiger partial charge in [0.05, 0.1) is 38.0 Å². The summed E-state index contributed by atoms with van der Waals surface area (Å²) in [6.07, 6.45) is -26.1. The zero-order chi connectivity index (χ0) is 32.6. The molecule has 44 heavy (non-hydrogen) atoms. The third kappa shape index (κ3) is 7.11. The summed E-state index contributed by atoms with van der Waals surface area (Å²) in [4.78, 5) is 0. The number of hydrogen-bond acceptors (Lipinski definition) is 19. The van der Waals surface area contributed by atoms with Crippen molar-refractivity contribution in [3.05, 3.63) is 11.6 Å². The van der Waals surface area contributed by atoms with Crippen molar-refractivity contribution in [1.82, 2.24) is 5.32 Å². The molecule has 1 aliphatic carbocycles. The zero-order valence-electron chi connectivity index (χ0n) is 23.5. The average molecular weight is 646 g/mol. The molecule has 0 aromatic carbocycles. The van der Waals surface area contributed by atoms with Gasteiger partial charge in [-0.3, -0.25) is 0 Å². The lowest BCUT2D eigenvalue weighted by molar-refractivity contribution is -0.357. The minimum atomic E-state index is -1.84. The van der Waals surface area contributed by atoms with Crippen LogP contribution in [0.3, 0.4) is 0 Å². The highest BCUT2D eigenvalue weighted by Crippen LogP contribution is 2.31. The van der Waals surface area contributed by atoms with Crippen LogP contribution in [0.2, 0.25) is 0 Å². The van der Waals surface area contributed by atoms with Crippen molar-refractivity contribution in [1.29, 1.82) is 0 Å². The normalized spacial score (nSPS) is 52.0. The Hall–Kier alpha value is -1.02. The lowest BCUT2D eigenvalue weighted by Crippen LogP contribution is -2.68. The fraction of sp³-hybridized carbons (Fsp3) is 0.920. The Bertz CT molecular complexity index is 960. The summed E-state index contributed by atoms with van der Waals surface area (Å²) in [5, 5.41) is 135. The van der Waals surface area contributed by atoms with Crippen LogP contribution in [-0.4, -0.2) is 203 Å². The number of rotatable bonds is 9. The van der Waals surface area contributed by atoms with E-state index in [-0.39, 0.29) is 5.57 Å². The summed E-state index contributed by atoms with van der Waals surface area (Å²) >= 11 is 0. The molecule has 4 rings (SSSR count). The van der Waals surface area contributed by atoms with Gasteiger partial charge >= 0.3 is 0 Å². The monoisotopic (exact) mass is 645 g/mol. The SMILES string of the molecule is C[C@H]1O[C@H](O[C@H]2[C@H](O)[C@@H](O)[C@@H](OC[C@H]3OC(O)[C@H](O)[C@@H](O)[C@@H]3O)O[C@@H]2CO)[C@H](O)[C@@H](O)[C@@H]1N[C@H]1C=C(CO)[C@@H](O)[C@H](O)[C@H]1O. The highest BCUT2D eigenvalue weighted by atomic mass is 16.7. The van der Waals surface area contributed by atoms with Crippen LogP contribution < -0.4 is 5.32 Å². The van der Waals surface area contributed by atoms with E-state index >= 15 is 0 Å². The Morgan fingerprint density at radius 1 is 0.682 bits per heavy atom. The predicted octanol–water partition coefficient (Wildman–Crippen LogP) is -8.56. The largest absolute Gasteiger partial charge is 0.394 e. The predicted molar refractivity (Wildman–Crippen MR) is 138 cm³/mol. The highest BCUT2D eigenvalue weighted by Gasteiger charge is 2.52. The van der Waals surface area contributed by atoms with Crippen molar-refractivity contribution in [3.63, 3.8) is 0 Å². The molecule has 0 radical (unpaired) electrons. The molecule has 0 aromatic rings. The molecule has 4 aliphatic rings. The van der Waals surface area contributed by atoms with Crippen molar-refractivity contribution < 1.29 is 90.1 Å². The van der Waals surface area contributed by atoms with Crippen LogP contribution in [0.25, 0.3) is 0 Å². The van der Waals surface area contributed by atoms with Crippen LogP contribution in [0.5, 0.6) is 0 Å². The molecule has 3 aliphatic heterocycles. The number of nitrogens with one attached hydrogen (secondary N) is 1. The maximum absolute atomic E-state index is 10.9. The van der Waals surface area contributed by atoms with Crippen molar-refractivity contribution in [2.24, 2.45) is 0 Å². The molecule has 256 valence electrons. The molecule has 14 N–H and O–H groups in total. The van der Waals surface area contributed by atoms with E-state index in [9.17, 15) is 66.4 Å². The molecule has 0 bridgehead atoms. The van der Waals surface area contributed by atoms with Gasteiger partial charge in [0.15, 0.2) is 18.9 Å². The first-order chi connectivity index (χ1) is 20.7. The second kappa shape index (κ2) is 14.8. The first-order valence-corrected chi connectivity index (χ1v) is 14.1. The smallest absolute Gasteiger partial charge is 0.187 e. The Morgan fingerprint density at radius 2 is 1.34 bits per heavy atom. The van der Waals surface area contributed by atoms with Gasteiger partial charge in [-0.25, -0.2) is 0 Å². The van der Waals surface area contributed by atoms with Gasteiger partial charge in [-0.1, -0.05) is 6.08 Å². The second-order valence-electron chi connectivity index (χ2n) is 11.4. The molecule has 0 saturated carbocycles. The molecule has 19 atom stereocenters. The average Bonchev–Trinajstić information content (AvgIpc) is 3.00. The van der Waals surface area contributed by atoms with Gasteiger partial charge in [0, 0.05) is 0 Å². The van der Waals surface area contributed by atoms with Gasteiger partial charge in [-0.2, -0.15) is 0 Å². The van der Waals surface area contributed by atoms with Crippen LogP contribution in [0.15, 0.2) is 11.6 Å². The van der Waals surface area contributed by atoms with Crippen LogP contribution in [0.4, 0.5) is 0 Å². The minimum Gasteiger partial charge on any atom is -0.394 e.